The van der Waals surface area contributed by atoms with Crippen molar-refractivity contribution in [3.05, 3.63) is 57.3 Å². The number of amides is 2. The van der Waals surface area contributed by atoms with Crippen LogP contribution in [0, 0.1) is 0 Å². The molecule has 2 aromatic rings. The lowest BCUT2D eigenvalue weighted by molar-refractivity contribution is -0.134. The number of carbonyl (C=O) groups excluding carboxylic acids is 2. The Labute approximate surface area is 161 Å². The number of hydrogen-bond donors (Lipinski definition) is 2. The van der Waals surface area contributed by atoms with Gasteiger partial charge in [-0.3, -0.25) is 9.59 Å². The van der Waals surface area contributed by atoms with Crippen LogP contribution in [0.2, 0.25) is 0 Å². The van der Waals surface area contributed by atoms with E-state index in [1.54, 1.807) is 11.3 Å². The molecule has 0 unspecified atom stereocenters. The lowest BCUT2D eigenvalue weighted by Crippen LogP contribution is -2.49. The Morgan fingerprint density at radius 2 is 1.89 bits per heavy atom. The highest BCUT2D eigenvalue weighted by atomic mass is 32.1. The largest absolute Gasteiger partial charge is 0.478 e. The Morgan fingerprint density at radius 1 is 1.19 bits per heavy atom. The van der Waals surface area contributed by atoms with Gasteiger partial charge in [0.2, 0.25) is 5.91 Å². The number of nitrogens with one attached hydrogen (secondary N) is 1. The average molecular weight is 386 g/mol. The lowest BCUT2D eigenvalue weighted by atomic mass is 10.1. The molecular formula is C20H22N2O4S. The maximum absolute atomic E-state index is 13.0. The predicted molar refractivity (Wildman–Crippen MR) is 103 cm³/mol. The molecule has 3 rings (SSSR count). The number of carboxylic acids is 1. The van der Waals surface area contributed by atoms with Crippen LogP contribution in [0.4, 0.5) is 0 Å². The van der Waals surface area contributed by atoms with Crippen molar-refractivity contribution in [1.82, 2.24) is 10.2 Å². The second kappa shape index (κ2) is 8.35. The summed E-state index contributed by atoms with van der Waals surface area (Å²) in [5.74, 6) is -1.48. The molecule has 1 aromatic heterocycles. The molecular weight excluding hydrogens is 364 g/mol. The van der Waals surface area contributed by atoms with Gasteiger partial charge in [0.15, 0.2) is 0 Å². The van der Waals surface area contributed by atoms with Gasteiger partial charge in [0.05, 0.1) is 5.56 Å². The monoisotopic (exact) mass is 386 g/mol. The number of hydrogen-bond acceptors (Lipinski definition) is 4. The summed E-state index contributed by atoms with van der Waals surface area (Å²) >= 11 is 1.72. The highest BCUT2D eigenvalue weighted by Gasteiger charge is 2.28. The molecule has 0 spiro atoms. The van der Waals surface area contributed by atoms with Crippen LogP contribution in [0.3, 0.4) is 0 Å². The zero-order chi connectivity index (χ0) is 19.4. The molecule has 0 bridgehead atoms. The topological polar surface area (TPSA) is 86.7 Å². The molecule has 2 amide bonds. The Hall–Kier alpha value is -2.67. The van der Waals surface area contributed by atoms with Crippen molar-refractivity contribution in [2.24, 2.45) is 0 Å². The van der Waals surface area contributed by atoms with E-state index in [0.717, 1.165) is 12.8 Å². The molecule has 0 radical (unpaired) electrons. The van der Waals surface area contributed by atoms with Gasteiger partial charge in [-0.05, 0) is 54.1 Å². The number of carboxylic acid groups (broad SMARTS) is 1. The minimum absolute atomic E-state index is 0.0655. The van der Waals surface area contributed by atoms with Gasteiger partial charge >= 0.3 is 5.97 Å². The first-order chi connectivity index (χ1) is 13.0. The van der Waals surface area contributed by atoms with E-state index in [9.17, 15) is 14.4 Å². The van der Waals surface area contributed by atoms with Gasteiger partial charge in [-0.15, -0.1) is 11.3 Å². The molecule has 0 saturated heterocycles. The number of carbonyl (C=O) groups is 3. The second-order valence-corrected chi connectivity index (χ2v) is 7.58. The van der Waals surface area contributed by atoms with Crippen molar-refractivity contribution in [2.75, 3.05) is 6.54 Å². The van der Waals surface area contributed by atoms with Crippen LogP contribution in [-0.4, -0.2) is 40.4 Å². The lowest BCUT2D eigenvalue weighted by Gasteiger charge is -2.31. The molecule has 27 heavy (non-hydrogen) atoms. The number of nitrogens with zero attached hydrogens (tertiary/aromatic N) is 1. The number of thiophene rings is 1. The first kappa shape index (κ1) is 19.1. The molecule has 1 atom stereocenters. The van der Waals surface area contributed by atoms with Crippen LogP contribution in [0.5, 0.6) is 0 Å². The third-order valence-electron chi connectivity index (χ3n) is 4.69. The third-order valence-corrected chi connectivity index (χ3v) is 5.72. The van der Waals surface area contributed by atoms with Gasteiger partial charge in [0.25, 0.3) is 5.91 Å². The van der Waals surface area contributed by atoms with E-state index in [2.05, 4.69) is 11.4 Å². The summed E-state index contributed by atoms with van der Waals surface area (Å²) in [6, 6.07) is 7.17. The SMILES string of the molecule is CCC[C@H](NC(=O)c1ccc(C(=O)O)cc1)C(=O)N1CCc2sccc2C1. The molecule has 6 nitrogen and oxygen atoms in total. The molecule has 2 N–H and O–H groups in total. The quantitative estimate of drug-likeness (QED) is 0.799. The van der Waals surface area contributed by atoms with Crippen molar-refractivity contribution in [3.8, 4) is 0 Å². The van der Waals surface area contributed by atoms with E-state index in [1.807, 2.05) is 17.2 Å². The van der Waals surface area contributed by atoms with Gasteiger partial charge in [-0.25, -0.2) is 4.79 Å². The van der Waals surface area contributed by atoms with Crippen LogP contribution in [0.25, 0.3) is 0 Å². The van der Waals surface area contributed by atoms with Crippen LogP contribution in [0.15, 0.2) is 35.7 Å². The molecule has 1 aliphatic heterocycles. The fourth-order valence-corrected chi connectivity index (χ4v) is 4.10. The van der Waals surface area contributed by atoms with Gasteiger partial charge in [0.1, 0.15) is 6.04 Å². The molecule has 0 aliphatic carbocycles. The maximum atomic E-state index is 13.0. The first-order valence-electron chi connectivity index (χ1n) is 8.98. The summed E-state index contributed by atoms with van der Waals surface area (Å²) in [4.78, 5) is 39.6. The van der Waals surface area contributed by atoms with Crippen molar-refractivity contribution >= 4 is 29.1 Å². The second-order valence-electron chi connectivity index (χ2n) is 6.58. The van der Waals surface area contributed by atoms with Crippen LogP contribution in [0.1, 0.15) is 50.9 Å². The van der Waals surface area contributed by atoms with Crippen molar-refractivity contribution < 1.29 is 19.5 Å². The molecule has 1 aliphatic rings. The van der Waals surface area contributed by atoms with Crippen LogP contribution in [-0.2, 0) is 17.8 Å². The highest BCUT2D eigenvalue weighted by molar-refractivity contribution is 7.10. The zero-order valence-corrected chi connectivity index (χ0v) is 15.9. The maximum Gasteiger partial charge on any atom is 0.335 e. The summed E-state index contributed by atoms with van der Waals surface area (Å²) < 4.78 is 0. The molecule has 2 heterocycles. The van der Waals surface area contributed by atoms with Crippen molar-refractivity contribution in [1.29, 1.82) is 0 Å². The Kier molecular flexibility index (Phi) is 5.91. The Bertz CT molecular complexity index is 844. The Morgan fingerprint density at radius 3 is 2.56 bits per heavy atom. The minimum Gasteiger partial charge on any atom is -0.478 e. The van der Waals surface area contributed by atoms with Crippen LogP contribution < -0.4 is 5.32 Å². The summed E-state index contributed by atoms with van der Waals surface area (Å²) in [5.41, 5.74) is 1.64. The van der Waals surface area contributed by atoms with Crippen molar-refractivity contribution in [2.45, 2.75) is 38.8 Å². The summed E-state index contributed by atoms with van der Waals surface area (Å²) in [5, 5.41) is 13.8. The first-order valence-corrected chi connectivity index (χ1v) is 9.85. The fraction of sp³-hybridized carbons (Fsp3) is 0.350. The van der Waals surface area contributed by atoms with Gasteiger partial charge in [-0.1, -0.05) is 13.3 Å². The van der Waals surface area contributed by atoms with Gasteiger partial charge in [0, 0.05) is 23.5 Å². The van der Waals surface area contributed by atoms with Crippen LogP contribution >= 0.6 is 11.3 Å². The van der Waals surface area contributed by atoms with E-state index < -0.39 is 12.0 Å². The molecule has 142 valence electrons. The zero-order valence-electron chi connectivity index (χ0n) is 15.1. The van der Waals surface area contributed by atoms with E-state index in [1.165, 1.54) is 34.7 Å². The molecule has 0 fully saturated rings. The number of aromatic carboxylic acids is 1. The number of rotatable bonds is 6. The fourth-order valence-electron chi connectivity index (χ4n) is 3.21. The normalized spacial score (nSPS) is 14.3. The average Bonchev–Trinajstić information content (AvgIpc) is 3.14. The van der Waals surface area contributed by atoms with E-state index in [0.29, 0.717) is 25.1 Å². The minimum atomic E-state index is -1.04. The molecule has 7 heteroatoms. The summed E-state index contributed by atoms with van der Waals surface area (Å²) in [6.45, 7) is 3.22. The third kappa shape index (κ3) is 4.36. The summed E-state index contributed by atoms with van der Waals surface area (Å²) in [6.07, 6.45) is 2.18. The van der Waals surface area contributed by atoms with Crippen molar-refractivity contribution in [3.63, 3.8) is 0 Å². The predicted octanol–water partition coefficient (Wildman–Crippen LogP) is 2.93. The standard InChI is InChI=1S/C20H22N2O4S/c1-2-3-16(19(24)22-10-8-17-15(12-22)9-11-27-17)21-18(23)13-4-6-14(7-5-13)20(25)26/h4-7,9,11,16H,2-3,8,10,12H2,1H3,(H,21,23)(H,25,26)/t16-/m0/s1. The summed E-state index contributed by atoms with van der Waals surface area (Å²) in [7, 11) is 0. The Balaban J connectivity index is 1.68. The van der Waals surface area contributed by atoms with E-state index >= 15 is 0 Å². The smallest absolute Gasteiger partial charge is 0.335 e. The molecule has 0 saturated carbocycles. The molecule has 1 aromatic carbocycles. The highest BCUT2D eigenvalue weighted by Crippen LogP contribution is 2.24. The number of benzene rings is 1. The van der Waals surface area contributed by atoms with E-state index in [-0.39, 0.29) is 17.4 Å². The number of fused-ring (bicyclic) bond motifs is 1. The van der Waals surface area contributed by atoms with E-state index in [4.69, 9.17) is 5.11 Å². The van der Waals surface area contributed by atoms with Gasteiger partial charge < -0.3 is 15.3 Å². The van der Waals surface area contributed by atoms with Gasteiger partial charge in [-0.2, -0.15) is 0 Å².